The third-order valence-corrected chi connectivity index (χ3v) is 1.99. The number of hydrogen-bond acceptors (Lipinski definition) is 2. The monoisotopic (exact) mass is 219 g/mol. The number of rotatable bonds is 2. The molecule has 0 spiro atoms. The van der Waals surface area contributed by atoms with Crippen molar-refractivity contribution in [2.24, 2.45) is 5.73 Å². The summed E-state index contributed by atoms with van der Waals surface area (Å²) >= 11 is 0. The number of halogens is 1. The summed E-state index contributed by atoms with van der Waals surface area (Å²) in [5, 5.41) is 0. The van der Waals surface area contributed by atoms with Gasteiger partial charge in [-0.15, -0.1) is 0 Å². The molecule has 1 aromatic carbocycles. The van der Waals surface area contributed by atoms with Gasteiger partial charge in [-0.25, -0.2) is 4.39 Å². The molecule has 0 aliphatic rings. The zero-order valence-corrected chi connectivity index (χ0v) is 8.71. The van der Waals surface area contributed by atoms with Crippen LogP contribution in [-0.4, -0.2) is 12.2 Å². The molecule has 4 heteroatoms. The molecule has 0 heterocycles. The summed E-state index contributed by atoms with van der Waals surface area (Å²) < 4.78 is 13.2. The van der Waals surface area contributed by atoms with Gasteiger partial charge in [0.2, 0.25) is 5.91 Å². The second kappa shape index (κ2) is 5.08. The van der Waals surface area contributed by atoms with E-state index < -0.39 is 11.7 Å². The fraction of sp³-hybridized carbons (Fsp3) is 0.167. The molecule has 0 aliphatic carbocycles. The van der Waals surface area contributed by atoms with E-state index in [2.05, 4.69) is 11.8 Å². The van der Waals surface area contributed by atoms with Gasteiger partial charge in [-0.05, 0) is 18.6 Å². The number of aryl methyl sites for hydroxylation is 1. The fourth-order valence-electron chi connectivity index (χ4n) is 1.20. The van der Waals surface area contributed by atoms with Gasteiger partial charge in [0.05, 0.1) is 12.0 Å². The molecule has 0 saturated heterocycles. The molecule has 0 bridgehead atoms. The third-order valence-electron chi connectivity index (χ3n) is 1.99. The second-order valence-corrected chi connectivity index (χ2v) is 3.22. The summed E-state index contributed by atoms with van der Waals surface area (Å²) in [6, 6.07) is 2.73. The van der Waals surface area contributed by atoms with Gasteiger partial charge in [0.15, 0.2) is 6.29 Å². The molecular weight excluding hydrogens is 209 g/mol. The minimum Gasteiger partial charge on any atom is -0.369 e. The van der Waals surface area contributed by atoms with E-state index >= 15 is 0 Å². The first-order valence-corrected chi connectivity index (χ1v) is 4.57. The van der Waals surface area contributed by atoms with Crippen LogP contribution >= 0.6 is 0 Å². The van der Waals surface area contributed by atoms with Crippen LogP contribution in [0, 0.1) is 24.6 Å². The molecule has 0 saturated carbocycles. The predicted octanol–water partition coefficient (Wildman–Crippen LogP) is 1.17. The minimum absolute atomic E-state index is 0.0861. The van der Waals surface area contributed by atoms with E-state index in [0.29, 0.717) is 17.4 Å². The standard InChI is InChI=1S/C12H10FNO2/c1-8-5-6-11(13)10(7-15)9(8)3-2-4-12(14)16/h5-7H,4H2,1H3,(H2,14,16). The van der Waals surface area contributed by atoms with Crippen LogP contribution in [0.4, 0.5) is 4.39 Å². The Morgan fingerprint density at radius 1 is 1.56 bits per heavy atom. The molecule has 82 valence electrons. The fourth-order valence-corrected chi connectivity index (χ4v) is 1.20. The van der Waals surface area contributed by atoms with Crippen LogP contribution < -0.4 is 5.73 Å². The molecule has 0 aromatic heterocycles. The Hall–Kier alpha value is -2.15. The SMILES string of the molecule is Cc1ccc(F)c(C=O)c1C#CCC(N)=O. The second-order valence-electron chi connectivity index (χ2n) is 3.22. The molecule has 0 radical (unpaired) electrons. The lowest BCUT2D eigenvalue weighted by Crippen LogP contribution is -2.08. The Kier molecular flexibility index (Phi) is 3.78. The smallest absolute Gasteiger partial charge is 0.229 e. The van der Waals surface area contributed by atoms with E-state index in [4.69, 9.17) is 5.73 Å². The number of aldehydes is 1. The van der Waals surface area contributed by atoms with Crippen molar-refractivity contribution < 1.29 is 14.0 Å². The van der Waals surface area contributed by atoms with Crippen molar-refractivity contribution in [2.45, 2.75) is 13.3 Å². The normalized spacial score (nSPS) is 9.12. The van der Waals surface area contributed by atoms with Gasteiger partial charge in [-0.1, -0.05) is 17.9 Å². The molecule has 0 fully saturated rings. The maximum absolute atomic E-state index is 13.2. The number of primary amides is 1. The number of hydrogen-bond donors (Lipinski definition) is 1. The molecule has 1 rings (SSSR count). The number of carbonyl (C=O) groups is 2. The maximum atomic E-state index is 13.2. The topological polar surface area (TPSA) is 60.2 Å². The summed E-state index contributed by atoms with van der Waals surface area (Å²) in [5.41, 5.74) is 5.81. The predicted molar refractivity (Wildman–Crippen MR) is 57.2 cm³/mol. The van der Waals surface area contributed by atoms with Crippen LogP contribution in [0.2, 0.25) is 0 Å². The Morgan fingerprint density at radius 2 is 2.25 bits per heavy atom. The van der Waals surface area contributed by atoms with Crippen molar-refractivity contribution in [1.82, 2.24) is 0 Å². The molecule has 0 atom stereocenters. The van der Waals surface area contributed by atoms with Crippen LogP contribution in [-0.2, 0) is 4.79 Å². The van der Waals surface area contributed by atoms with Gasteiger partial charge < -0.3 is 5.73 Å². The van der Waals surface area contributed by atoms with E-state index in [1.165, 1.54) is 12.1 Å². The lowest BCUT2D eigenvalue weighted by molar-refractivity contribution is -0.117. The van der Waals surface area contributed by atoms with Crippen molar-refractivity contribution in [3.05, 3.63) is 34.6 Å². The van der Waals surface area contributed by atoms with Crippen LogP contribution in [0.3, 0.4) is 0 Å². The number of amides is 1. The molecular formula is C12H10FNO2. The zero-order valence-electron chi connectivity index (χ0n) is 8.71. The Morgan fingerprint density at radius 3 is 2.81 bits per heavy atom. The van der Waals surface area contributed by atoms with Crippen molar-refractivity contribution in [2.75, 3.05) is 0 Å². The van der Waals surface area contributed by atoms with E-state index in [-0.39, 0.29) is 12.0 Å². The maximum Gasteiger partial charge on any atom is 0.229 e. The number of nitrogens with two attached hydrogens (primary N) is 1. The minimum atomic E-state index is -0.621. The van der Waals surface area contributed by atoms with E-state index in [1.54, 1.807) is 6.92 Å². The molecule has 1 aromatic rings. The highest BCUT2D eigenvalue weighted by molar-refractivity contribution is 5.81. The average molecular weight is 219 g/mol. The first kappa shape index (κ1) is 11.9. The lowest BCUT2D eigenvalue weighted by Gasteiger charge is -2.02. The van der Waals surface area contributed by atoms with Crippen molar-refractivity contribution >= 4 is 12.2 Å². The molecule has 1 amide bonds. The zero-order chi connectivity index (χ0) is 12.1. The number of benzene rings is 1. The Bertz CT molecular complexity index is 498. The van der Waals surface area contributed by atoms with Crippen LogP contribution in [0.25, 0.3) is 0 Å². The van der Waals surface area contributed by atoms with Gasteiger partial charge in [-0.3, -0.25) is 9.59 Å². The van der Waals surface area contributed by atoms with Crippen LogP contribution in [0.5, 0.6) is 0 Å². The summed E-state index contributed by atoms with van der Waals surface area (Å²) in [6.07, 6.45) is 0.296. The molecule has 0 unspecified atom stereocenters. The van der Waals surface area contributed by atoms with E-state index in [1.807, 2.05) is 0 Å². The third kappa shape index (κ3) is 2.67. The highest BCUT2D eigenvalue weighted by atomic mass is 19.1. The molecule has 3 nitrogen and oxygen atoms in total. The van der Waals surface area contributed by atoms with Crippen molar-refractivity contribution in [3.63, 3.8) is 0 Å². The van der Waals surface area contributed by atoms with E-state index in [9.17, 15) is 14.0 Å². The highest BCUT2D eigenvalue weighted by Crippen LogP contribution is 2.15. The van der Waals surface area contributed by atoms with Gasteiger partial charge in [0, 0.05) is 5.56 Å². The largest absolute Gasteiger partial charge is 0.369 e. The van der Waals surface area contributed by atoms with Gasteiger partial charge >= 0.3 is 0 Å². The molecule has 0 aliphatic heterocycles. The van der Waals surface area contributed by atoms with Gasteiger partial charge in [0.25, 0.3) is 0 Å². The first-order valence-electron chi connectivity index (χ1n) is 4.57. The lowest BCUT2D eigenvalue weighted by atomic mass is 10.0. The quantitative estimate of drug-likeness (QED) is 0.599. The van der Waals surface area contributed by atoms with Gasteiger partial charge in [0.1, 0.15) is 5.82 Å². The van der Waals surface area contributed by atoms with Crippen LogP contribution in [0.15, 0.2) is 12.1 Å². The average Bonchev–Trinajstić information content (AvgIpc) is 2.23. The highest BCUT2D eigenvalue weighted by Gasteiger charge is 2.08. The Labute approximate surface area is 92.4 Å². The summed E-state index contributed by atoms with van der Waals surface area (Å²) in [6.45, 7) is 1.71. The number of carbonyl (C=O) groups excluding carboxylic acids is 2. The van der Waals surface area contributed by atoms with Gasteiger partial charge in [-0.2, -0.15) is 0 Å². The van der Waals surface area contributed by atoms with Crippen LogP contribution in [0.1, 0.15) is 27.9 Å². The summed E-state index contributed by atoms with van der Waals surface area (Å²) in [7, 11) is 0. The molecule has 2 N–H and O–H groups in total. The Balaban J connectivity index is 3.19. The first-order chi connectivity index (χ1) is 7.56. The summed E-state index contributed by atoms with van der Waals surface area (Å²) in [5.74, 6) is 3.89. The van der Waals surface area contributed by atoms with Crippen molar-refractivity contribution in [3.8, 4) is 11.8 Å². The summed E-state index contributed by atoms with van der Waals surface area (Å²) in [4.78, 5) is 21.2. The molecule has 16 heavy (non-hydrogen) atoms. The van der Waals surface area contributed by atoms with Crippen molar-refractivity contribution in [1.29, 1.82) is 0 Å². The van der Waals surface area contributed by atoms with E-state index in [0.717, 1.165) is 0 Å².